The lowest BCUT2D eigenvalue weighted by molar-refractivity contribution is -0.136. The number of carbonyl (C=O) groups is 2. The smallest absolute Gasteiger partial charge is 0.228 e. The van der Waals surface area contributed by atoms with Crippen LogP contribution in [0.3, 0.4) is 0 Å². The lowest BCUT2D eigenvalue weighted by atomic mass is 10.1. The molecule has 0 spiro atoms. The number of anilines is 2. The summed E-state index contributed by atoms with van der Waals surface area (Å²) in [6.07, 6.45) is 0.243. The minimum absolute atomic E-state index is 0.0239. The molecule has 2 aliphatic rings. The lowest BCUT2D eigenvalue weighted by Gasteiger charge is -2.36. The van der Waals surface area contributed by atoms with E-state index in [1.54, 1.807) is 17.0 Å². The molecule has 2 saturated heterocycles. The van der Waals surface area contributed by atoms with Gasteiger partial charge in [0.15, 0.2) is 0 Å². The minimum Gasteiger partial charge on any atom is -0.353 e. The summed E-state index contributed by atoms with van der Waals surface area (Å²) in [5.41, 5.74) is 2.73. The lowest BCUT2D eigenvalue weighted by Crippen LogP contribution is -2.51. The number of hydrogen-bond donors (Lipinski definition) is 0. The normalized spacial score (nSPS) is 18.5. The molecule has 7 nitrogen and oxygen atoms in total. The van der Waals surface area contributed by atoms with Crippen molar-refractivity contribution in [3.05, 3.63) is 71.5 Å². The molecule has 174 valence electrons. The number of hydrogen-bond acceptors (Lipinski definition) is 5. The summed E-state index contributed by atoms with van der Waals surface area (Å²) in [5, 5.41) is 0.621. The molecule has 2 aliphatic heterocycles. The van der Waals surface area contributed by atoms with Gasteiger partial charge in [0.05, 0.1) is 11.6 Å². The Morgan fingerprint density at radius 2 is 1.68 bits per heavy atom. The third kappa shape index (κ3) is 4.61. The first kappa shape index (κ1) is 22.3. The number of aromatic nitrogens is 2. The third-order valence-electron chi connectivity index (χ3n) is 6.42. The van der Waals surface area contributed by atoms with Crippen LogP contribution in [0.1, 0.15) is 12.2 Å². The molecule has 8 heteroatoms. The van der Waals surface area contributed by atoms with E-state index in [1.807, 2.05) is 60.4 Å². The fourth-order valence-electron chi connectivity index (χ4n) is 4.63. The van der Waals surface area contributed by atoms with Gasteiger partial charge in [-0.05, 0) is 31.2 Å². The van der Waals surface area contributed by atoms with Gasteiger partial charge in [0.1, 0.15) is 11.6 Å². The second-order valence-corrected chi connectivity index (χ2v) is 9.16. The van der Waals surface area contributed by atoms with E-state index in [4.69, 9.17) is 11.6 Å². The molecule has 3 heterocycles. The quantitative estimate of drug-likeness (QED) is 0.574. The van der Waals surface area contributed by atoms with E-state index in [1.165, 1.54) is 0 Å². The number of benzene rings is 2. The number of nitrogens with zero attached hydrogens (tertiary/aromatic N) is 5. The van der Waals surface area contributed by atoms with E-state index in [2.05, 4.69) is 14.9 Å². The molecular weight excluding hydrogens is 450 g/mol. The Balaban J connectivity index is 1.23. The van der Waals surface area contributed by atoms with Gasteiger partial charge in [-0.25, -0.2) is 9.97 Å². The summed E-state index contributed by atoms with van der Waals surface area (Å²) < 4.78 is 0. The molecule has 5 rings (SSSR count). The van der Waals surface area contributed by atoms with Gasteiger partial charge in [0, 0.05) is 61.5 Å². The van der Waals surface area contributed by atoms with Crippen LogP contribution in [0.15, 0.2) is 60.7 Å². The molecule has 1 unspecified atom stereocenters. The molecule has 3 aromatic rings. The largest absolute Gasteiger partial charge is 0.353 e. The monoisotopic (exact) mass is 475 g/mol. The fourth-order valence-corrected chi connectivity index (χ4v) is 4.75. The second kappa shape index (κ2) is 9.43. The first-order chi connectivity index (χ1) is 16.5. The number of carbonyl (C=O) groups excluding carboxylic acids is 2. The molecule has 34 heavy (non-hydrogen) atoms. The average molecular weight is 476 g/mol. The highest BCUT2D eigenvalue weighted by Crippen LogP contribution is 2.28. The van der Waals surface area contributed by atoms with E-state index >= 15 is 0 Å². The van der Waals surface area contributed by atoms with Crippen molar-refractivity contribution in [1.82, 2.24) is 14.9 Å². The Morgan fingerprint density at radius 3 is 2.38 bits per heavy atom. The zero-order chi connectivity index (χ0) is 23.7. The Labute approximate surface area is 204 Å². The summed E-state index contributed by atoms with van der Waals surface area (Å²) in [6, 6.07) is 19.2. The molecule has 0 aliphatic carbocycles. The number of rotatable bonds is 4. The number of amides is 2. The van der Waals surface area contributed by atoms with Crippen molar-refractivity contribution < 1.29 is 9.59 Å². The Kier molecular flexibility index (Phi) is 6.20. The average Bonchev–Trinajstić information content (AvgIpc) is 3.26. The highest BCUT2D eigenvalue weighted by atomic mass is 35.5. The number of halogens is 1. The van der Waals surface area contributed by atoms with E-state index in [0.29, 0.717) is 37.7 Å². The molecule has 0 saturated carbocycles. The third-order valence-corrected chi connectivity index (χ3v) is 6.67. The Hall–Kier alpha value is -3.45. The Morgan fingerprint density at radius 1 is 0.971 bits per heavy atom. The molecule has 2 aromatic carbocycles. The molecule has 0 N–H and O–H groups in total. The predicted molar refractivity (Wildman–Crippen MR) is 133 cm³/mol. The zero-order valence-electron chi connectivity index (χ0n) is 19.0. The van der Waals surface area contributed by atoms with E-state index in [9.17, 15) is 9.59 Å². The van der Waals surface area contributed by atoms with E-state index in [0.717, 1.165) is 28.6 Å². The van der Waals surface area contributed by atoms with Crippen molar-refractivity contribution in [2.24, 2.45) is 5.92 Å². The van der Waals surface area contributed by atoms with Crippen molar-refractivity contribution in [1.29, 1.82) is 0 Å². The summed E-state index contributed by atoms with van der Waals surface area (Å²) in [6.45, 7) is 4.91. The molecule has 2 amide bonds. The van der Waals surface area contributed by atoms with Gasteiger partial charge in [-0.3, -0.25) is 9.59 Å². The van der Waals surface area contributed by atoms with Gasteiger partial charge in [-0.2, -0.15) is 0 Å². The molecule has 0 bridgehead atoms. The van der Waals surface area contributed by atoms with Crippen molar-refractivity contribution in [3.63, 3.8) is 0 Å². The Bertz CT molecular complexity index is 1190. The van der Waals surface area contributed by atoms with Crippen molar-refractivity contribution in [2.45, 2.75) is 13.3 Å². The SMILES string of the molecule is Cc1nc(-c2ccccc2)cc(N2CCN(C(=O)C3CC(=O)N(c4ccc(Cl)cc4)C3)CC2)n1. The van der Waals surface area contributed by atoms with Crippen LogP contribution in [0.25, 0.3) is 11.3 Å². The van der Waals surface area contributed by atoms with Crippen LogP contribution in [0.5, 0.6) is 0 Å². The summed E-state index contributed by atoms with van der Waals surface area (Å²) in [5.74, 6) is 1.31. The first-order valence-corrected chi connectivity index (χ1v) is 11.9. The van der Waals surface area contributed by atoms with Gasteiger partial charge in [-0.15, -0.1) is 0 Å². The van der Waals surface area contributed by atoms with Crippen molar-refractivity contribution in [3.8, 4) is 11.3 Å². The molecule has 2 fully saturated rings. The molecule has 1 aromatic heterocycles. The van der Waals surface area contributed by atoms with Crippen molar-refractivity contribution >= 4 is 34.9 Å². The highest BCUT2D eigenvalue weighted by Gasteiger charge is 2.38. The van der Waals surface area contributed by atoms with Gasteiger partial charge in [0.25, 0.3) is 0 Å². The maximum absolute atomic E-state index is 13.2. The van der Waals surface area contributed by atoms with Crippen LogP contribution >= 0.6 is 11.6 Å². The summed E-state index contributed by atoms with van der Waals surface area (Å²) >= 11 is 5.96. The molecule has 1 atom stereocenters. The predicted octanol–water partition coefficient (Wildman–Crippen LogP) is 3.81. The van der Waals surface area contributed by atoms with Crippen LogP contribution in [0.2, 0.25) is 5.02 Å². The van der Waals surface area contributed by atoms with E-state index < -0.39 is 0 Å². The van der Waals surface area contributed by atoms with Gasteiger partial charge < -0.3 is 14.7 Å². The summed E-state index contributed by atoms with van der Waals surface area (Å²) in [4.78, 5) is 40.8. The van der Waals surface area contributed by atoms with Crippen LogP contribution < -0.4 is 9.80 Å². The zero-order valence-corrected chi connectivity index (χ0v) is 19.8. The standard InChI is InChI=1S/C26H26ClN5O2/c1-18-28-23(19-5-3-2-4-6-19)16-24(29-18)30-11-13-31(14-12-30)26(34)20-15-25(33)32(17-20)22-9-7-21(27)8-10-22/h2-10,16,20H,11-15,17H2,1H3. The minimum atomic E-state index is -0.319. The highest BCUT2D eigenvalue weighted by molar-refractivity contribution is 6.30. The molecule has 0 radical (unpaired) electrons. The van der Waals surface area contributed by atoms with Gasteiger partial charge in [0.2, 0.25) is 11.8 Å². The number of piperazine rings is 1. The van der Waals surface area contributed by atoms with Gasteiger partial charge >= 0.3 is 0 Å². The van der Waals surface area contributed by atoms with Crippen molar-refractivity contribution in [2.75, 3.05) is 42.5 Å². The molecular formula is C26H26ClN5O2. The maximum Gasteiger partial charge on any atom is 0.228 e. The second-order valence-electron chi connectivity index (χ2n) is 8.72. The maximum atomic E-state index is 13.2. The summed E-state index contributed by atoms with van der Waals surface area (Å²) in [7, 11) is 0. The first-order valence-electron chi connectivity index (χ1n) is 11.5. The van der Waals surface area contributed by atoms with Gasteiger partial charge in [-0.1, -0.05) is 41.9 Å². The van der Waals surface area contributed by atoms with Crippen LogP contribution in [-0.4, -0.2) is 59.4 Å². The fraction of sp³-hybridized carbons (Fsp3) is 0.308. The number of aryl methyl sites for hydroxylation is 1. The topological polar surface area (TPSA) is 69.6 Å². The van der Waals surface area contributed by atoms with Crippen LogP contribution in [0, 0.1) is 12.8 Å². The van der Waals surface area contributed by atoms with Crippen LogP contribution in [0.4, 0.5) is 11.5 Å². The van der Waals surface area contributed by atoms with Crippen LogP contribution in [-0.2, 0) is 9.59 Å². The van der Waals surface area contributed by atoms with E-state index in [-0.39, 0.29) is 24.2 Å².